The van der Waals surface area contributed by atoms with E-state index in [9.17, 15) is 4.79 Å². The van der Waals surface area contributed by atoms with Crippen LogP contribution in [0.5, 0.6) is 0 Å². The Hall–Kier alpha value is -0.650. The first kappa shape index (κ1) is 47.4. The molecule has 0 aromatic rings. The molecule has 48 heavy (non-hydrogen) atoms. The van der Waals surface area contributed by atoms with Crippen molar-refractivity contribution in [1.29, 1.82) is 0 Å². The molecule has 288 valence electrons. The van der Waals surface area contributed by atoms with Crippen molar-refractivity contribution < 1.29 is 19.3 Å². The highest BCUT2D eigenvalue weighted by Crippen LogP contribution is 2.18. The largest absolute Gasteiger partial charge is 0.466 e. The van der Waals surface area contributed by atoms with Crippen molar-refractivity contribution in [1.82, 2.24) is 5.32 Å². The zero-order valence-electron chi connectivity index (χ0n) is 33.1. The second-order valence-electron chi connectivity index (χ2n) is 14.7. The summed E-state index contributed by atoms with van der Waals surface area (Å²) >= 11 is 0. The third-order valence-electron chi connectivity index (χ3n) is 9.79. The van der Waals surface area contributed by atoms with Crippen LogP contribution in [0, 0.1) is 0 Å². The first-order valence-corrected chi connectivity index (χ1v) is 21.9. The number of nitrogens with one attached hydrogen (secondary N) is 1. The van der Waals surface area contributed by atoms with Crippen LogP contribution in [0.2, 0.25) is 0 Å². The molecule has 0 aliphatic rings. The fraction of sp³-hybridized carbons (Fsp3) is 0.977. The monoisotopic (exact) mass is 682 g/mol. The zero-order chi connectivity index (χ0) is 34.9. The van der Waals surface area contributed by atoms with Crippen LogP contribution in [-0.2, 0) is 19.3 Å². The van der Waals surface area contributed by atoms with E-state index in [0.717, 1.165) is 58.2 Å². The van der Waals surface area contributed by atoms with Crippen LogP contribution < -0.4 is 5.32 Å². The van der Waals surface area contributed by atoms with Crippen molar-refractivity contribution in [3.05, 3.63) is 0 Å². The minimum Gasteiger partial charge on any atom is -0.466 e. The third-order valence-corrected chi connectivity index (χ3v) is 9.79. The van der Waals surface area contributed by atoms with Crippen molar-refractivity contribution in [2.75, 3.05) is 26.3 Å². The molecule has 5 nitrogen and oxygen atoms in total. The summed E-state index contributed by atoms with van der Waals surface area (Å²) in [5, 5.41) is 3.62. The van der Waals surface area contributed by atoms with Gasteiger partial charge in [-0.15, -0.1) is 0 Å². The fourth-order valence-electron chi connectivity index (χ4n) is 6.48. The van der Waals surface area contributed by atoms with Crippen LogP contribution in [0.15, 0.2) is 0 Å². The van der Waals surface area contributed by atoms with E-state index in [1.807, 2.05) is 0 Å². The lowest BCUT2D eigenvalue weighted by Crippen LogP contribution is -2.16. The summed E-state index contributed by atoms with van der Waals surface area (Å²) < 4.78 is 5.39. The van der Waals surface area contributed by atoms with Gasteiger partial charge in [0.05, 0.1) is 19.3 Å². The van der Waals surface area contributed by atoms with Gasteiger partial charge in [-0.1, -0.05) is 188 Å². The Labute approximate surface area is 301 Å². The van der Waals surface area contributed by atoms with E-state index in [2.05, 4.69) is 26.1 Å². The summed E-state index contributed by atoms with van der Waals surface area (Å²) in [6.07, 6.45) is 43.0. The smallest absolute Gasteiger partial charge is 0.305 e. The molecular weight excluding hydrogens is 594 g/mol. The summed E-state index contributed by atoms with van der Waals surface area (Å²) in [4.78, 5) is 23.6. The maximum absolute atomic E-state index is 11.9. The van der Waals surface area contributed by atoms with Crippen LogP contribution in [0.25, 0.3) is 0 Å². The lowest BCUT2D eigenvalue weighted by molar-refractivity contribution is -0.327. The van der Waals surface area contributed by atoms with Crippen LogP contribution in [0.4, 0.5) is 0 Å². The second kappa shape index (κ2) is 42.5. The average Bonchev–Trinajstić information content (AvgIpc) is 3.09. The molecule has 0 heterocycles. The number of hydrogen-bond acceptors (Lipinski definition) is 5. The van der Waals surface area contributed by atoms with Crippen molar-refractivity contribution in [3.8, 4) is 0 Å². The summed E-state index contributed by atoms with van der Waals surface area (Å²) in [5.41, 5.74) is 0. The average molecular weight is 682 g/mol. The van der Waals surface area contributed by atoms with Gasteiger partial charge >= 0.3 is 5.97 Å². The van der Waals surface area contributed by atoms with Gasteiger partial charge in [-0.05, 0) is 58.0 Å². The number of ether oxygens (including phenoxy) is 1. The Kier molecular flexibility index (Phi) is 41.9. The van der Waals surface area contributed by atoms with Crippen LogP contribution >= 0.6 is 0 Å². The van der Waals surface area contributed by atoms with Gasteiger partial charge in [-0.2, -0.15) is 0 Å². The number of esters is 1. The van der Waals surface area contributed by atoms with Gasteiger partial charge in [0.25, 0.3) is 0 Å². The molecule has 0 saturated heterocycles. The molecule has 0 spiro atoms. The van der Waals surface area contributed by atoms with E-state index in [4.69, 9.17) is 14.5 Å². The number of rotatable bonds is 42. The van der Waals surface area contributed by atoms with E-state index < -0.39 is 0 Å². The summed E-state index contributed by atoms with van der Waals surface area (Å²) in [6.45, 7) is 10.4. The van der Waals surface area contributed by atoms with Crippen molar-refractivity contribution >= 4 is 5.97 Å². The number of carbonyl (C=O) groups is 1. The first-order valence-electron chi connectivity index (χ1n) is 21.9. The molecular formula is C43H87NO4. The van der Waals surface area contributed by atoms with E-state index in [0.29, 0.717) is 19.1 Å². The molecule has 0 saturated carbocycles. The third kappa shape index (κ3) is 39.8. The van der Waals surface area contributed by atoms with Crippen LogP contribution in [-0.4, -0.2) is 38.4 Å². The van der Waals surface area contributed by atoms with Gasteiger partial charge in [0.15, 0.2) is 0 Å². The quantitative estimate of drug-likeness (QED) is 0.0301. The Morgan fingerprint density at radius 2 is 0.812 bits per heavy atom. The Balaban J connectivity index is 3.53. The molecule has 0 aliphatic heterocycles. The molecule has 0 radical (unpaired) electrons. The molecule has 0 bridgehead atoms. The van der Waals surface area contributed by atoms with Crippen molar-refractivity contribution in [2.45, 2.75) is 245 Å². The molecule has 5 heteroatoms. The van der Waals surface area contributed by atoms with E-state index in [1.54, 1.807) is 0 Å². The number of unbranched alkanes of at least 4 members (excludes halogenated alkanes) is 26. The summed E-state index contributed by atoms with van der Waals surface area (Å²) in [5.74, 6) is 0.00145. The lowest BCUT2D eigenvalue weighted by Gasteiger charge is -2.17. The minimum absolute atomic E-state index is 0.00145. The summed E-state index contributed by atoms with van der Waals surface area (Å²) in [6, 6.07) is 0. The van der Waals surface area contributed by atoms with Crippen LogP contribution in [0.1, 0.15) is 239 Å². The molecule has 1 unspecified atom stereocenters. The van der Waals surface area contributed by atoms with Gasteiger partial charge in [0.2, 0.25) is 0 Å². The Morgan fingerprint density at radius 3 is 1.29 bits per heavy atom. The molecule has 0 rings (SSSR count). The molecule has 0 aromatic heterocycles. The molecule has 0 amide bonds. The Morgan fingerprint density at radius 1 is 0.438 bits per heavy atom. The highest BCUT2D eigenvalue weighted by Gasteiger charge is 2.10. The molecule has 1 N–H and O–H groups in total. The molecule has 0 aromatic carbocycles. The van der Waals surface area contributed by atoms with E-state index >= 15 is 0 Å². The molecule has 1 atom stereocenters. The minimum atomic E-state index is 0.00145. The standard InChI is InChI=1S/C43H87NO4/c1-4-7-10-13-16-22-29-36-42(35-28-21-15-12-9-6-3)48-47-41-34-27-19-17-24-31-38-44-39-32-25-20-23-30-37-43(45)46-40-33-26-18-14-11-8-5-2/h42,44H,4-41H2,1-3H3. The maximum atomic E-state index is 11.9. The van der Waals surface area contributed by atoms with Gasteiger partial charge in [-0.25, -0.2) is 9.78 Å². The first-order chi connectivity index (χ1) is 23.7. The van der Waals surface area contributed by atoms with Crippen LogP contribution in [0.3, 0.4) is 0 Å². The zero-order valence-corrected chi connectivity index (χ0v) is 33.1. The predicted octanol–water partition coefficient (Wildman–Crippen LogP) is 13.8. The topological polar surface area (TPSA) is 56.8 Å². The van der Waals surface area contributed by atoms with Gasteiger partial charge in [0, 0.05) is 6.42 Å². The molecule has 0 fully saturated rings. The lowest BCUT2D eigenvalue weighted by atomic mass is 10.0. The normalized spacial score (nSPS) is 12.1. The highest BCUT2D eigenvalue weighted by atomic mass is 17.2. The van der Waals surface area contributed by atoms with Crippen molar-refractivity contribution in [3.63, 3.8) is 0 Å². The van der Waals surface area contributed by atoms with E-state index in [1.165, 1.54) is 173 Å². The van der Waals surface area contributed by atoms with Crippen molar-refractivity contribution in [2.24, 2.45) is 0 Å². The second-order valence-corrected chi connectivity index (χ2v) is 14.7. The fourth-order valence-corrected chi connectivity index (χ4v) is 6.48. The van der Waals surface area contributed by atoms with Gasteiger partial charge < -0.3 is 10.1 Å². The van der Waals surface area contributed by atoms with E-state index in [-0.39, 0.29) is 5.97 Å². The number of hydrogen-bond donors (Lipinski definition) is 1. The van der Waals surface area contributed by atoms with Gasteiger partial charge in [0.1, 0.15) is 0 Å². The molecule has 0 aliphatic carbocycles. The highest BCUT2D eigenvalue weighted by molar-refractivity contribution is 5.69. The predicted molar refractivity (Wildman–Crippen MR) is 209 cm³/mol. The van der Waals surface area contributed by atoms with Gasteiger partial charge in [-0.3, -0.25) is 4.79 Å². The Bertz CT molecular complexity index is 601. The number of carbonyl (C=O) groups excluding carboxylic acids is 1. The maximum Gasteiger partial charge on any atom is 0.305 e. The summed E-state index contributed by atoms with van der Waals surface area (Å²) in [7, 11) is 0. The SMILES string of the molecule is CCCCCCCCCOC(=O)CCCCCCCNCCCCCCCCOOC(CCCCCCCC)CCCCCCCCC.